The molecule has 0 spiro atoms. The van der Waals surface area contributed by atoms with Gasteiger partial charge in [0.05, 0.1) is 4.90 Å². The average Bonchev–Trinajstić information content (AvgIpc) is 2.75. The molecule has 0 radical (unpaired) electrons. The van der Waals surface area contributed by atoms with Crippen LogP contribution in [0.4, 0.5) is 9.18 Å². The molecule has 30 heavy (non-hydrogen) atoms. The molecule has 1 aliphatic rings. The normalized spacial score (nSPS) is 15.6. The smallest absolute Gasteiger partial charge is 0.314 e. The molecular formula is C22H28FN3O3S. The summed E-state index contributed by atoms with van der Waals surface area (Å²) in [6, 6.07) is 14.7. The number of hydrogen-bond acceptors (Lipinski definition) is 3. The van der Waals surface area contributed by atoms with Gasteiger partial charge in [-0.25, -0.2) is 17.6 Å². The first-order chi connectivity index (χ1) is 14.4. The van der Waals surface area contributed by atoms with E-state index in [0.717, 1.165) is 37.8 Å². The number of benzene rings is 2. The molecule has 8 heteroatoms. The van der Waals surface area contributed by atoms with Crippen molar-refractivity contribution in [2.24, 2.45) is 5.92 Å². The SMILES string of the molecule is O=C(NCCc1ccccc1)NCCC1CCN(S(=O)(=O)c2ccc(F)cc2)CC1. The summed E-state index contributed by atoms with van der Waals surface area (Å²) in [5, 5.41) is 5.73. The molecule has 3 rings (SSSR count). The minimum Gasteiger partial charge on any atom is -0.338 e. The lowest BCUT2D eigenvalue weighted by molar-refractivity contribution is 0.236. The Bertz CT molecular complexity index is 912. The predicted octanol–water partition coefficient (Wildman–Crippen LogP) is 3.16. The third-order valence-electron chi connectivity index (χ3n) is 5.41. The highest BCUT2D eigenvalue weighted by Gasteiger charge is 2.29. The molecule has 2 N–H and O–H groups in total. The highest BCUT2D eigenvalue weighted by atomic mass is 32.2. The lowest BCUT2D eigenvalue weighted by atomic mass is 9.95. The van der Waals surface area contributed by atoms with Crippen molar-refractivity contribution in [2.45, 2.75) is 30.6 Å². The zero-order valence-electron chi connectivity index (χ0n) is 16.9. The van der Waals surface area contributed by atoms with Crippen molar-refractivity contribution in [3.8, 4) is 0 Å². The standard InChI is InChI=1S/C22H28FN3O3S/c23-20-6-8-21(9-7-20)30(28,29)26-16-12-19(13-17-26)11-15-25-22(27)24-14-10-18-4-2-1-3-5-18/h1-9,19H,10-17H2,(H2,24,25,27). The summed E-state index contributed by atoms with van der Waals surface area (Å²) in [6.45, 7) is 2.02. The summed E-state index contributed by atoms with van der Waals surface area (Å²) in [4.78, 5) is 12.0. The Morgan fingerprint density at radius 1 is 0.967 bits per heavy atom. The van der Waals surface area contributed by atoms with E-state index in [9.17, 15) is 17.6 Å². The monoisotopic (exact) mass is 433 g/mol. The molecule has 0 unspecified atom stereocenters. The molecule has 2 amide bonds. The van der Waals surface area contributed by atoms with Gasteiger partial charge in [0.1, 0.15) is 5.82 Å². The van der Waals surface area contributed by atoms with E-state index in [2.05, 4.69) is 10.6 Å². The zero-order valence-corrected chi connectivity index (χ0v) is 17.7. The molecule has 1 fully saturated rings. The Morgan fingerprint density at radius 3 is 2.27 bits per heavy atom. The zero-order chi connectivity index (χ0) is 21.4. The Labute approximate surface area is 177 Å². The lowest BCUT2D eigenvalue weighted by Crippen LogP contribution is -2.40. The number of halogens is 1. The van der Waals surface area contributed by atoms with Crippen LogP contribution < -0.4 is 10.6 Å². The number of hydrogen-bond donors (Lipinski definition) is 2. The van der Waals surface area contributed by atoms with Gasteiger partial charge in [-0.2, -0.15) is 4.31 Å². The molecule has 2 aromatic carbocycles. The van der Waals surface area contributed by atoms with Crippen LogP contribution in [0.2, 0.25) is 0 Å². The van der Waals surface area contributed by atoms with Crippen molar-refractivity contribution >= 4 is 16.1 Å². The van der Waals surface area contributed by atoms with Gasteiger partial charge in [-0.05, 0) is 61.4 Å². The fourth-order valence-corrected chi connectivity index (χ4v) is 5.08. The average molecular weight is 434 g/mol. The van der Waals surface area contributed by atoms with Crippen LogP contribution in [0.3, 0.4) is 0 Å². The topological polar surface area (TPSA) is 78.5 Å². The van der Waals surface area contributed by atoms with Gasteiger partial charge < -0.3 is 10.6 Å². The summed E-state index contributed by atoms with van der Waals surface area (Å²) in [7, 11) is -3.58. The molecule has 1 heterocycles. The van der Waals surface area contributed by atoms with Crippen LogP contribution in [0.25, 0.3) is 0 Å². The van der Waals surface area contributed by atoms with Crippen LogP contribution >= 0.6 is 0 Å². The molecule has 1 saturated heterocycles. The molecule has 0 bridgehead atoms. The highest BCUT2D eigenvalue weighted by Crippen LogP contribution is 2.25. The largest absolute Gasteiger partial charge is 0.338 e. The van der Waals surface area contributed by atoms with Crippen LogP contribution in [0.5, 0.6) is 0 Å². The van der Waals surface area contributed by atoms with E-state index in [1.54, 1.807) is 0 Å². The van der Waals surface area contributed by atoms with Crippen LogP contribution in [0, 0.1) is 11.7 Å². The maximum atomic E-state index is 13.0. The van der Waals surface area contributed by atoms with Crippen LogP contribution in [-0.2, 0) is 16.4 Å². The number of carbonyl (C=O) groups excluding carboxylic acids is 1. The molecule has 0 atom stereocenters. The fraction of sp³-hybridized carbons (Fsp3) is 0.409. The van der Waals surface area contributed by atoms with E-state index in [4.69, 9.17) is 0 Å². The molecule has 0 aliphatic carbocycles. The van der Waals surface area contributed by atoms with Gasteiger partial charge in [0.15, 0.2) is 0 Å². The number of rotatable bonds is 8. The van der Waals surface area contributed by atoms with Gasteiger partial charge in [0.2, 0.25) is 10.0 Å². The summed E-state index contributed by atoms with van der Waals surface area (Å²) < 4.78 is 39.8. The second-order valence-electron chi connectivity index (χ2n) is 7.51. The van der Waals surface area contributed by atoms with E-state index >= 15 is 0 Å². The number of nitrogens with zero attached hydrogens (tertiary/aromatic N) is 1. The Morgan fingerprint density at radius 2 is 1.60 bits per heavy atom. The maximum absolute atomic E-state index is 13.0. The van der Waals surface area contributed by atoms with E-state index in [0.29, 0.717) is 32.1 Å². The van der Waals surface area contributed by atoms with Crippen molar-refractivity contribution in [1.82, 2.24) is 14.9 Å². The minimum absolute atomic E-state index is 0.121. The first-order valence-corrected chi connectivity index (χ1v) is 11.7. The lowest BCUT2D eigenvalue weighted by Gasteiger charge is -2.31. The van der Waals surface area contributed by atoms with Crippen LogP contribution in [0.1, 0.15) is 24.8 Å². The molecular weight excluding hydrogens is 405 g/mol. The van der Waals surface area contributed by atoms with Gasteiger partial charge in [-0.1, -0.05) is 30.3 Å². The number of carbonyl (C=O) groups is 1. The Kier molecular flexibility index (Phi) is 7.81. The highest BCUT2D eigenvalue weighted by molar-refractivity contribution is 7.89. The number of urea groups is 1. The fourth-order valence-electron chi connectivity index (χ4n) is 3.61. The van der Waals surface area contributed by atoms with Gasteiger partial charge >= 0.3 is 6.03 Å². The third-order valence-corrected chi connectivity index (χ3v) is 7.32. The van der Waals surface area contributed by atoms with Gasteiger partial charge in [-0.3, -0.25) is 0 Å². The molecule has 6 nitrogen and oxygen atoms in total. The second kappa shape index (κ2) is 10.5. The van der Waals surface area contributed by atoms with E-state index in [1.165, 1.54) is 22.0 Å². The Balaban J connectivity index is 1.34. The molecule has 162 valence electrons. The predicted molar refractivity (Wildman–Crippen MR) is 114 cm³/mol. The molecule has 2 aromatic rings. The van der Waals surface area contributed by atoms with Crippen LogP contribution in [-0.4, -0.2) is 44.9 Å². The summed E-state index contributed by atoms with van der Waals surface area (Å²) in [6.07, 6.45) is 3.10. The number of nitrogens with one attached hydrogen (secondary N) is 2. The molecule has 0 aromatic heterocycles. The first-order valence-electron chi connectivity index (χ1n) is 10.3. The number of piperidine rings is 1. The molecule has 0 saturated carbocycles. The van der Waals surface area contributed by atoms with Gasteiger partial charge in [0.25, 0.3) is 0 Å². The van der Waals surface area contributed by atoms with Crippen molar-refractivity contribution in [3.63, 3.8) is 0 Å². The van der Waals surface area contributed by atoms with E-state index < -0.39 is 15.8 Å². The summed E-state index contributed by atoms with van der Waals surface area (Å²) in [5.41, 5.74) is 1.18. The molecule has 1 aliphatic heterocycles. The van der Waals surface area contributed by atoms with Crippen molar-refractivity contribution < 1.29 is 17.6 Å². The van der Waals surface area contributed by atoms with Gasteiger partial charge in [-0.15, -0.1) is 0 Å². The first kappa shape index (κ1) is 22.2. The second-order valence-corrected chi connectivity index (χ2v) is 9.45. The van der Waals surface area contributed by atoms with Gasteiger partial charge in [0, 0.05) is 26.2 Å². The van der Waals surface area contributed by atoms with Crippen molar-refractivity contribution in [1.29, 1.82) is 0 Å². The number of amides is 2. The van der Waals surface area contributed by atoms with Crippen LogP contribution in [0.15, 0.2) is 59.5 Å². The summed E-state index contributed by atoms with van der Waals surface area (Å²) in [5.74, 6) is -0.0847. The summed E-state index contributed by atoms with van der Waals surface area (Å²) >= 11 is 0. The van der Waals surface area contributed by atoms with Crippen molar-refractivity contribution in [3.05, 3.63) is 66.0 Å². The third kappa shape index (κ3) is 6.27. The maximum Gasteiger partial charge on any atom is 0.314 e. The number of sulfonamides is 1. The Hall–Kier alpha value is -2.45. The van der Waals surface area contributed by atoms with E-state index in [1.807, 2.05) is 30.3 Å². The minimum atomic E-state index is -3.58. The van der Waals surface area contributed by atoms with Crippen molar-refractivity contribution in [2.75, 3.05) is 26.2 Å². The quantitative estimate of drug-likeness (QED) is 0.671. The van der Waals surface area contributed by atoms with E-state index in [-0.39, 0.29) is 10.9 Å².